The van der Waals surface area contributed by atoms with Gasteiger partial charge in [-0.1, -0.05) is 62.7 Å². The second-order valence-electron chi connectivity index (χ2n) is 12.0. The van der Waals surface area contributed by atoms with Gasteiger partial charge < -0.3 is 19.0 Å². The molecule has 1 aliphatic heterocycles. The zero-order chi connectivity index (χ0) is 32.6. The average Bonchev–Trinajstić information content (AvgIpc) is 3.24. The predicted octanol–water partition coefficient (Wildman–Crippen LogP) is 7.00. The highest BCUT2D eigenvalue weighted by Crippen LogP contribution is 2.38. The molecule has 244 valence electrons. The van der Waals surface area contributed by atoms with E-state index in [1.807, 2.05) is 19.1 Å². The van der Waals surface area contributed by atoms with Crippen LogP contribution in [0, 0.1) is 0 Å². The number of ether oxygens (including phenoxy) is 2. The number of halogens is 4. The van der Waals surface area contributed by atoms with Crippen LogP contribution in [0.4, 0.5) is 13.2 Å². The van der Waals surface area contributed by atoms with Gasteiger partial charge in [-0.15, -0.1) is 0 Å². The van der Waals surface area contributed by atoms with Crippen molar-refractivity contribution in [2.45, 2.75) is 108 Å². The number of carbonyl (C=O) groups excluding carboxylic acids is 1. The molecule has 4 atom stereocenters. The third kappa shape index (κ3) is 11.9. The molecule has 0 bridgehead atoms. The number of esters is 1. The third-order valence-electron chi connectivity index (χ3n) is 7.53. The van der Waals surface area contributed by atoms with Gasteiger partial charge in [0.1, 0.15) is 11.9 Å². The van der Waals surface area contributed by atoms with E-state index in [0.717, 1.165) is 5.57 Å². The number of alkyl halides is 3. The van der Waals surface area contributed by atoms with Crippen LogP contribution < -0.4 is 4.74 Å². The first kappa shape index (κ1) is 37.4. The molecule has 8 nitrogen and oxygen atoms in total. The van der Waals surface area contributed by atoms with Crippen LogP contribution in [-0.2, 0) is 28.3 Å². The van der Waals surface area contributed by atoms with Gasteiger partial charge in [0.05, 0.1) is 31.3 Å². The lowest BCUT2D eigenvalue weighted by Crippen LogP contribution is -2.45. The van der Waals surface area contributed by atoms with Gasteiger partial charge in [-0.3, -0.25) is 8.98 Å². The van der Waals surface area contributed by atoms with Crippen LogP contribution in [0.5, 0.6) is 5.75 Å². The summed E-state index contributed by atoms with van der Waals surface area (Å²) in [7, 11) is -8.01. The van der Waals surface area contributed by atoms with Crippen LogP contribution in [0.2, 0.25) is 18.1 Å². The smallest absolute Gasteiger partial charge is 0.426 e. The fraction of sp³-hybridized carbons (Fsp3) is 0.621. The van der Waals surface area contributed by atoms with Crippen molar-refractivity contribution in [2.24, 2.45) is 0 Å². The maximum Gasteiger partial charge on any atom is 0.523 e. The molecule has 0 spiro atoms. The van der Waals surface area contributed by atoms with Crippen LogP contribution in [-0.4, -0.2) is 64.3 Å². The van der Waals surface area contributed by atoms with Crippen LogP contribution in [0.25, 0.3) is 0 Å². The van der Waals surface area contributed by atoms with Gasteiger partial charge >= 0.3 is 21.6 Å². The molecule has 1 aliphatic rings. The van der Waals surface area contributed by atoms with E-state index >= 15 is 0 Å². The molecular formula is C29H42ClF3O8SSi. The normalized spacial score (nSPS) is 21.6. The summed E-state index contributed by atoms with van der Waals surface area (Å²) >= 11 is 6.39. The lowest BCUT2D eigenvalue weighted by molar-refractivity contribution is -0.135. The topological polar surface area (TPSA) is 108 Å². The van der Waals surface area contributed by atoms with Crippen molar-refractivity contribution in [3.05, 3.63) is 53.1 Å². The zero-order valence-corrected chi connectivity index (χ0v) is 27.9. The maximum atomic E-state index is 12.8. The van der Waals surface area contributed by atoms with Crippen LogP contribution in [0.15, 0.2) is 53.1 Å². The molecule has 1 saturated heterocycles. The van der Waals surface area contributed by atoms with E-state index in [-0.39, 0.29) is 17.9 Å². The Labute approximate surface area is 258 Å². The van der Waals surface area contributed by atoms with Gasteiger partial charge in [-0.05, 0) is 62.0 Å². The molecule has 1 N–H and O–H groups in total. The molecule has 0 radical (unpaired) electrons. The fourth-order valence-corrected chi connectivity index (χ4v) is 5.90. The van der Waals surface area contributed by atoms with Crippen molar-refractivity contribution >= 4 is 36.0 Å². The lowest BCUT2D eigenvalue weighted by Gasteiger charge is -2.39. The Morgan fingerprint density at radius 2 is 1.81 bits per heavy atom. The Kier molecular flexibility index (Phi) is 13.5. The van der Waals surface area contributed by atoms with E-state index in [9.17, 15) is 31.5 Å². The molecule has 43 heavy (non-hydrogen) atoms. The number of hydrogen-bond acceptors (Lipinski definition) is 8. The molecule has 2 rings (SSSR count). The monoisotopic (exact) mass is 670 g/mol. The summed E-state index contributed by atoms with van der Waals surface area (Å²) in [6.45, 7) is 11.5. The second-order valence-corrected chi connectivity index (χ2v) is 18.9. The number of allylic oxidation sites excluding steroid dienone is 3. The lowest BCUT2D eigenvalue weighted by atomic mass is 10.1. The highest BCUT2D eigenvalue weighted by atomic mass is 35.5. The third-order valence-corrected chi connectivity index (χ3v) is 13.4. The molecule has 1 aromatic carbocycles. The summed E-state index contributed by atoms with van der Waals surface area (Å²) in [5, 5.41) is 10.5. The minimum atomic E-state index is -5.77. The SMILES string of the molecule is C/C(=C/C/C=C(\Cl)CC[C@H]1C[C@H](O)[C@H](COS(=O)(=O)C(F)(F)F)O1)[C@H](CC(=O)Oc1ccccc1)O[Si](C)(C)C(C)(C)C. The van der Waals surface area contributed by atoms with Crippen molar-refractivity contribution in [1.29, 1.82) is 0 Å². The van der Waals surface area contributed by atoms with Crippen LogP contribution in [0.3, 0.4) is 0 Å². The van der Waals surface area contributed by atoms with Gasteiger partial charge in [0.2, 0.25) is 0 Å². The minimum Gasteiger partial charge on any atom is -0.426 e. The number of para-hydroxylation sites is 1. The Morgan fingerprint density at radius 1 is 1.19 bits per heavy atom. The average molecular weight is 671 g/mol. The molecule has 0 aliphatic carbocycles. The molecular weight excluding hydrogens is 629 g/mol. The number of benzene rings is 1. The summed E-state index contributed by atoms with van der Waals surface area (Å²) in [6, 6.07) is 8.82. The molecule has 1 aromatic rings. The van der Waals surface area contributed by atoms with Crippen molar-refractivity contribution in [2.75, 3.05) is 6.61 Å². The summed E-state index contributed by atoms with van der Waals surface area (Å²) in [5.74, 6) is 0.0496. The van der Waals surface area contributed by atoms with Gasteiger partial charge in [0.25, 0.3) is 0 Å². The highest BCUT2D eigenvalue weighted by Gasteiger charge is 2.48. The van der Waals surface area contributed by atoms with E-state index < -0.39 is 60.9 Å². The van der Waals surface area contributed by atoms with E-state index in [4.69, 9.17) is 25.5 Å². The minimum absolute atomic E-state index is 0.0394. The Balaban J connectivity index is 1.96. The Morgan fingerprint density at radius 3 is 2.40 bits per heavy atom. The largest absolute Gasteiger partial charge is 0.523 e. The summed E-state index contributed by atoms with van der Waals surface area (Å²) in [4.78, 5) is 12.8. The zero-order valence-electron chi connectivity index (χ0n) is 25.3. The van der Waals surface area contributed by atoms with Crippen molar-refractivity contribution < 1.29 is 49.6 Å². The van der Waals surface area contributed by atoms with Crippen molar-refractivity contribution in [3.63, 3.8) is 0 Å². The van der Waals surface area contributed by atoms with Crippen LogP contribution in [0.1, 0.15) is 59.8 Å². The maximum absolute atomic E-state index is 12.8. The molecule has 14 heteroatoms. The molecule has 1 fully saturated rings. The van der Waals surface area contributed by atoms with Gasteiger partial charge in [0.15, 0.2) is 8.32 Å². The Hall–Kier alpha value is -1.74. The predicted molar refractivity (Wildman–Crippen MR) is 161 cm³/mol. The summed E-state index contributed by atoms with van der Waals surface area (Å²) in [5.41, 5.74) is -4.70. The van der Waals surface area contributed by atoms with Crippen LogP contribution >= 0.6 is 11.6 Å². The van der Waals surface area contributed by atoms with E-state index in [0.29, 0.717) is 30.0 Å². The first-order valence-electron chi connectivity index (χ1n) is 14.0. The Bertz CT molecular complexity index is 1230. The van der Waals surface area contributed by atoms with Gasteiger partial charge in [-0.2, -0.15) is 21.6 Å². The molecule has 1 heterocycles. The molecule has 0 saturated carbocycles. The molecule has 0 amide bonds. The van der Waals surface area contributed by atoms with Gasteiger partial charge in [-0.25, -0.2) is 0 Å². The number of hydrogen-bond donors (Lipinski definition) is 1. The summed E-state index contributed by atoms with van der Waals surface area (Å²) < 4.78 is 81.2. The fourth-order valence-electron chi connectivity index (χ4n) is 3.92. The number of aliphatic hydroxyl groups excluding tert-OH is 1. The number of aliphatic hydroxyl groups is 1. The van der Waals surface area contributed by atoms with E-state index in [1.54, 1.807) is 30.3 Å². The second kappa shape index (κ2) is 15.5. The first-order chi connectivity index (χ1) is 19.7. The van der Waals surface area contributed by atoms with Gasteiger partial charge in [0, 0.05) is 11.5 Å². The van der Waals surface area contributed by atoms with E-state index in [2.05, 4.69) is 38.0 Å². The van der Waals surface area contributed by atoms with Crippen molar-refractivity contribution in [1.82, 2.24) is 0 Å². The molecule has 0 aromatic heterocycles. The van der Waals surface area contributed by atoms with Crippen molar-refractivity contribution in [3.8, 4) is 5.75 Å². The quantitative estimate of drug-likeness (QED) is 0.0563. The molecule has 0 unspecified atom stereocenters. The summed E-state index contributed by atoms with van der Waals surface area (Å²) in [6.07, 6.45) is 1.65. The highest BCUT2D eigenvalue weighted by molar-refractivity contribution is 7.87. The standard InChI is InChI=1S/C29H42ClF3O8SSi/c1-20(25(41-43(5,6)28(2,3)4)18-27(35)40-22-13-8-7-9-14-22)11-10-12-21(30)15-16-23-17-24(34)26(39-23)19-38-42(36,37)29(31,32)33/h7-9,11-14,23-26,34H,10,15-19H2,1-6H3/b20-11-,21-12-/t23-,24-,25-,26-/m0/s1. The first-order valence-corrected chi connectivity index (χ1v) is 18.6. The number of carbonyl (C=O) groups is 1. The number of rotatable bonds is 14. The van der Waals surface area contributed by atoms with E-state index in [1.165, 1.54) is 0 Å².